The van der Waals surface area contributed by atoms with Gasteiger partial charge in [-0.3, -0.25) is 4.79 Å². The van der Waals surface area contributed by atoms with E-state index >= 15 is 0 Å². The minimum Gasteiger partial charge on any atom is -0.486 e. The Morgan fingerprint density at radius 2 is 1.90 bits per heavy atom. The van der Waals surface area contributed by atoms with Crippen molar-refractivity contribution in [1.29, 1.82) is 0 Å². The molecule has 2 aromatic carbocycles. The summed E-state index contributed by atoms with van der Waals surface area (Å²) in [6.45, 7) is 1.22. The van der Waals surface area contributed by atoms with Crippen LogP contribution in [0.2, 0.25) is 5.02 Å². The van der Waals surface area contributed by atoms with Crippen molar-refractivity contribution in [3.8, 4) is 17.2 Å². The van der Waals surface area contributed by atoms with Gasteiger partial charge in [0.2, 0.25) is 0 Å². The molecule has 0 bridgehead atoms. The Hall–Kier alpha value is -2.70. The number of ether oxygens (including phenoxy) is 3. The van der Waals surface area contributed by atoms with Crippen molar-refractivity contribution in [2.45, 2.75) is 6.61 Å². The molecule has 2 heterocycles. The molecule has 7 heteroatoms. The highest BCUT2D eigenvalue weighted by molar-refractivity contribution is 9.10. The molecule has 0 spiro atoms. The monoisotopic (exact) mass is 474 g/mol. The Morgan fingerprint density at radius 1 is 1.07 bits per heavy atom. The van der Waals surface area contributed by atoms with Gasteiger partial charge < -0.3 is 18.6 Å². The van der Waals surface area contributed by atoms with Crippen molar-refractivity contribution < 1.29 is 23.4 Å². The maximum absolute atomic E-state index is 12.4. The second-order valence-electron chi connectivity index (χ2n) is 6.22. The summed E-state index contributed by atoms with van der Waals surface area (Å²) >= 11 is 9.49. The standard InChI is InChI=1S/C22H16BrClO5/c23-15-2-8-20(18(24)12-15)28-13-17-4-3-16(29-17)5-6-19(25)14-1-7-21-22(11-14)27-10-9-26-21/h1-8,11-12H,9-10,13H2/b6-5+. The van der Waals surface area contributed by atoms with E-state index in [0.29, 0.717) is 52.6 Å². The van der Waals surface area contributed by atoms with Crippen LogP contribution in [-0.2, 0) is 6.61 Å². The Balaban J connectivity index is 1.38. The van der Waals surface area contributed by atoms with Gasteiger partial charge in [0, 0.05) is 10.0 Å². The van der Waals surface area contributed by atoms with E-state index in [2.05, 4.69) is 15.9 Å². The van der Waals surface area contributed by atoms with Crippen LogP contribution < -0.4 is 14.2 Å². The molecule has 0 atom stereocenters. The molecule has 1 aliphatic heterocycles. The molecule has 0 amide bonds. The van der Waals surface area contributed by atoms with Crippen LogP contribution >= 0.6 is 27.5 Å². The molecule has 1 aromatic heterocycles. The van der Waals surface area contributed by atoms with E-state index in [-0.39, 0.29) is 12.4 Å². The number of fused-ring (bicyclic) bond motifs is 1. The molecule has 1 aliphatic rings. The van der Waals surface area contributed by atoms with Crippen LogP contribution in [0.1, 0.15) is 21.9 Å². The van der Waals surface area contributed by atoms with Gasteiger partial charge in [-0.05, 0) is 60.7 Å². The fraction of sp³-hybridized carbons (Fsp3) is 0.136. The molecule has 0 N–H and O–H groups in total. The van der Waals surface area contributed by atoms with E-state index in [4.69, 9.17) is 30.2 Å². The topological polar surface area (TPSA) is 57.9 Å². The lowest BCUT2D eigenvalue weighted by atomic mass is 10.1. The number of carbonyl (C=O) groups is 1. The zero-order valence-electron chi connectivity index (χ0n) is 15.2. The van der Waals surface area contributed by atoms with Gasteiger partial charge in [0.1, 0.15) is 37.1 Å². The Morgan fingerprint density at radius 3 is 2.72 bits per heavy atom. The second-order valence-corrected chi connectivity index (χ2v) is 7.55. The normalized spacial score (nSPS) is 12.9. The average Bonchev–Trinajstić information content (AvgIpc) is 3.19. The second kappa shape index (κ2) is 8.76. The molecule has 3 aromatic rings. The molecule has 0 unspecified atom stereocenters. The van der Waals surface area contributed by atoms with Gasteiger partial charge >= 0.3 is 0 Å². The SMILES string of the molecule is O=C(/C=C/c1ccc(COc2ccc(Br)cc2Cl)o1)c1ccc2c(c1)OCCO2. The van der Waals surface area contributed by atoms with Crippen molar-refractivity contribution in [1.82, 2.24) is 0 Å². The lowest BCUT2D eigenvalue weighted by Crippen LogP contribution is -2.15. The first kappa shape index (κ1) is 19.6. The zero-order chi connectivity index (χ0) is 20.2. The van der Waals surface area contributed by atoms with E-state index in [1.54, 1.807) is 48.5 Å². The third-order valence-corrected chi connectivity index (χ3v) is 4.96. The van der Waals surface area contributed by atoms with Gasteiger partial charge in [-0.25, -0.2) is 0 Å². The predicted molar refractivity (Wildman–Crippen MR) is 113 cm³/mol. The number of furan rings is 1. The number of halogens is 2. The summed E-state index contributed by atoms with van der Waals surface area (Å²) in [5, 5.41) is 0.510. The first-order valence-corrected chi connectivity index (χ1v) is 10.0. The van der Waals surface area contributed by atoms with Gasteiger partial charge in [-0.1, -0.05) is 27.5 Å². The highest BCUT2D eigenvalue weighted by atomic mass is 79.9. The Bertz CT molecular complexity index is 1070. The maximum Gasteiger partial charge on any atom is 0.186 e. The summed E-state index contributed by atoms with van der Waals surface area (Å²) in [5.41, 5.74) is 0.519. The highest BCUT2D eigenvalue weighted by Gasteiger charge is 2.14. The number of ketones is 1. The zero-order valence-corrected chi connectivity index (χ0v) is 17.5. The minimum atomic E-state index is -0.155. The van der Waals surface area contributed by atoms with Crippen molar-refractivity contribution >= 4 is 39.4 Å². The van der Waals surface area contributed by atoms with Crippen LogP contribution in [0.5, 0.6) is 17.2 Å². The van der Waals surface area contributed by atoms with Crippen LogP contribution in [-0.4, -0.2) is 19.0 Å². The van der Waals surface area contributed by atoms with Gasteiger partial charge in [0.15, 0.2) is 17.3 Å². The van der Waals surface area contributed by atoms with Gasteiger partial charge in [0.05, 0.1) is 5.02 Å². The lowest BCUT2D eigenvalue weighted by molar-refractivity contribution is 0.104. The number of carbonyl (C=O) groups excluding carboxylic acids is 1. The summed E-state index contributed by atoms with van der Waals surface area (Å²) in [7, 11) is 0. The summed E-state index contributed by atoms with van der Waals surface area (Å²) < 4.78 is 23.2. The van der Waals surface area contributed by atoms with E-state index in [1.165, 1.54) is 6.08 Å². The number of hydrogen-bond acceptors (Lipinski definition) is 5. The van der Waals surface area contributed by atoms with E-state index in [1.807, 2.05) is 6.07 Å². The number of benzene rings is 2. The van der Waals surface area contributed by atoms with Gasteiger partial charge in [0.25, 0.3) is 0 Å². The smallest absolute Gasteiger partial charge is 0.186 e. The van der Waals surface area contributed by atoms with Crippen LogP contribution in [0, 0.1) is 0 Å². The number of rotatable bonds is 6. The summed E-state index contributed by atoms with van der Waals surface area (Å²) in [4.78, 5) is 12.4. The highest BCUT2D eigenvalue weighted by Crippen LogP contribution is 2.31. The third-order valence-electron chi connectivity index (χ3n) is 4.17. The Labute approximate surface area is 181 Å². The number of hydrogen-bond donors (Lipinski definition) is 0. The van der Waals surface area contributed by atoms with E-state index < -0.39 is 0 Å². The molecule has 5 nitrogen and oxygen atoms in total. The van der Waals surface area contributed by atoms with E-state index in [9.17, 15) is 4.79 Å². The van der Waals surface area contributed by atoms with Crippen LogP contribution in [0.4, 0.5) is 0 Å². The quantitative estimate of drug-likeness (QED) is 0.326. The largest absolute Gasteiger partial charge is 0.486 e. The lowest BCUT2D eigenvalue weighted by Gasteiger charge is -2.18. The first-order chi connectivity index (χ1) is 14.1. The molecular formula is C22H16BrClO5. The molecule has 0 radical (unpaired) electrons. The molecule has 148 valence electrons. The average molecular weight is 476 g/mol. The molecule has 0 fully saturated rings. The first-order valence-electron chi connectivity index (χ1n) is 8.87. The fourth-order valence-electron chi connectivity index (χ4n) is 2.75. The molecular weight excluding hydrogens is 460 g/mol. The van der Waals surface area contributed by atoms with Crippen LogP contribution in [0.25, 0.3) is 6.08 Å². The molecule has 0 aliphatic carbocycles. The molecule has 29 heavy (non-hydrogen) atoms. The summed E-state index contributed by atoms with van der Waals surface area (Å²) in [5.74, 6) is 2.82. The van der Waals surface area contributed by atoms with Crippen molar-refractivity contribution in [2.75, 3.05) is 13.2 Å². The van der Waals surface area contributed by atoms with Crippen molar-refractivity contribution in [2.24, 2.45) is 0 Å². The fourth-order valence-corrected chi connectivity index (χ4v) is 3.48. The minimum absolute atomic E-state index is 0.155. The van der Waals surface area contributed by atoms with Crippen molar-refractivity contribution in [3.63, 3.8) is 0 Å². The van der Waals surface area contributed by atoms with E-state index in [0.717, 1.165) is 4.47 Å². The number of allylic oxidation sites excluding steroid dienone is 1. The maximum atomic E-state index is 12.4. The summed E-state index contributed by atoms with van der Waals surface area (Å²) in [6.07, 6.45) is 3.08. The van der Waals surface area contributed by atoms with Gasteiger partial charge in [-0.15, -0.1) is 0 Å². The van der Waals surface area contributed by atoms with Crippen LogP contribution in [0.3, 0.4) is 0 Å². The van der Waals surface area contributed by atoms with Crippen molar-refractivity contribution in [3.05, 3.63) is 81.2 Å². The molecule has 0 saturated carbocycles. The third kappa shape index (κ3) is 4.83. The predicted octanol–water partition coefficient (Wildman–Crippen LogP) is 5.94. The Kier molecular flexibility index (Phi) is 5.92. The van der Waals surface area contributed by atoms with Crippen LogP contribution in [0.15, 0.2) is 63.5 Å². The molecule has 0 saturated heterocycles. The molecule has 4 rings (SSSR count). The summed E-state index contributed by atoms with van der Waals surface area (Å²) in [6, 6.07) is 14.1. The van der Waals surface area contributed by atoms with Gasteiger partial charge in [-0.2, -0.15) is 0 Å².